The minimum absolute atomic E-state index is 0.198. The van der Waals surface area contributed by atoms with E-state index in [0.717, 1.165) is 11.1 Å². The molecule has 5 heteroatoms. The summed E-state index contributed by atoms with van der Waals surface area (Å²) in [6.07, 6.45) is -0.613. The molecule has 0 aliphatic rings. The average Bonchev–Trinajstić information content (AvgIpc) is 2.60. The van der Waals surface area contributed by atoms with Crippen molar-refractivity contribution in [3.8, 4) is 0 Å². The zero-order chi connectivity index (χ0) is 19.0. The summed E-state index contributed by atoms with van der Waals surface area (Å²) in [6, 6.07) is 19.0. The molecule has 0 saturated heterocycles. The highest BCUT2D eigenvalue weighted by Crippen LogP contribution is 2.21. The number of aliphatic imine (C=N–C) groups is 1. The van der Waals surface area contributed by atoms with Gasteiger partial charge in [-0.3, -0.25) is 10.3 Å². The summed E-state index contributed by atoms with van der Waals surface area (Å²) in [5, 5.41) is 2.66. The Morgan fingerprint density at radius 3 is 2.15 bits per heavy atom. The summed E-state index contributed by atoms with van der Waals surface area (Å²) in [5.41, 5.74) is 1.56. The topological polar surface area (TPSA) is 59.9 Å². The van der Waals surface area contributed by atoms with Crippen molar-refractivity contribution in [3.63, 3.8) is 0 Å². The molecule has 1 amide bonds. The second kappa shape index (κ2) is 8.85. The number of carbonyl (C=O) groups excluding carboxylic acids is 1. The van der Waals surface area contributed by atoms with E-state index in [-0.39, 0.29) is 12.5 Å². The fourth-order valence-electron chi connectivity index (χ4n) is 2.18. The number of ether oxygens (including phenoxy) is 2. The Morgan fingerprint density at radius 2 is 1.62 bits per heavy atom. The van der Waals surface area contributed by atoms with Gasteiger partial charge in [0.2, 0.25) is 5.88 Å². The maximum absolute atomic E-state index is 12.2. The Bertz CT molecular complexity index is 763. The maximum atomic E-state index is 12.2. The Hall–Kier alpha value is -3.08. The molecular formula is C21H24N2O3. The number of hydrogen-bond acceptors (Lipinski definition) is 4. The van der Waals surface area contributed by atoms with Crippen LogP contribution < -0.4 is 5.32 Å². The summed E-state index contributed by atoms with van der Waals surface area (Å²) < 4.78 is 11.2. The van der Waals surface area contributed by atoms with Gasteiger partial charge in [0.15, 0.2) is 0 Å². The summed E-state index contributed by atoms with van der Waals surface area (Å²) in [7, 11) is 0. The monoisotopic (exact) mass is 352 g/mol. The lowest BCUT2D eigenvalue weighted by Gasteiger charge is -2.21. The largest absolute Gasteiger partial charge is 0.472 e. The van der Waals surface area contributed by atoms with Crippen LogP contribution in [0.15, 0.2) is 71.5 Å². The van der Waals surface area contributed by atoms with Crippen LogP contribution in [0.3, 0.4) is 0 Å². The van der Waals surface area contributed by atoms with Gasteiger partial charge < -0.3 is 9.47 Å². The number of nitrogens with zero attached hydrogens (tertiary/aromatic N) is 1. The third-order valence-electron chi connectivity index (χ3n) is 3.26. The van der Waals surface area contributed by atoms with Crippen LogP contribution in [0.4, 0.5) is 4.79 Å². The maximum Gasteiger partial charge on any atom is 0.414 e. The van der Waals surface area contributed by atoms with Gasteiger partial charge in [-0.1, -0.05) is 60.7 Å². The highest BCUT2D eigenvalue weighted by Gasteiger charge is 2.20. The summed E-state index contributed by atoms with van der Waals surface area (Å²) in [6.45, 7) is 9.28. The third-order valence-corrected chi connectivity index (χ3v) is 3.26. The molecular weight excluding hydrogens is 328 g/mol. The lowest BCUT2D eigenvalue weighted by atomic mass is 10.1. The van der Waals surface area contributed by atoms with E-state index in [9.17, 15) is 4.79 Å². The molecule has 0 unspecified atom stereocenters. The predicted octanol–water partition coefficient (Wildman–Crippen LogP) is 4.75. The predicted molar refractivity (Wildman–Crippen MR) is 104 cm³/mol. The standard InChI is InChI=1S/C21H24N2O3/c1-21(2,3)26-20(24)23-19(25-15-16-11-7-5-8-12-16)18(22-4)17-13-9-6-10-14-17/h5-14H,4,15H2,1-3H3,(H,23,24)/b19-18-. The molecule has 0 spiro atoms. The number of amides is 1. The van der Waals surface area contributed by atoms with Gasteiger partial charge in [0, 0.05) is 5.56 Å². The van der Waals surface area contributed by atoms with E-state index in [1.54, 1.807) is 20.8 Å². The van der Waals surface area contributed by atoms with Crippen LogP contribution in [0.25, 0.3) is 5.70 Å². The molecule has 5 nitrogen and oxygen atoms in total. The van der Waals surface area contributed by atoms with Crippen molar-refractivity contribution in [2.45, 2.75) is 33.0 Å². The first-order valence-electron chi connectivity index (χ1n) is 8.32. The van der Waals surface area contributed by atoms with Crippen LogP contribution in [-0.2, 0) is 16.1 Å². The van der Waals surface area contributed by atoms with E-state index in [2.05, 4.69) is 17.0 Å². The van der Waals surface area contributed by atoms with Crippen molar-refractivity contribution in [2.24, 2.45) is 4.99 Å². The van der Waals surface area contributed by atoms with E-state index in [1.165, 1.54) is 0 Å². The smallest absolute Gasteiger partial charge is 0.414 e. The van der Waals surface area contributed by atoms with Crippen LogP contribution in [0.5, 0.6) is 0 Å². The quantitative estimate of drug-likeness (QED) is 0.602. The van der Waals surface area contributed by atoms with Gasteiger partial charge >= 0.3 is 6.09 Å². The van der Waals surface area contributed by atoms with Gasteiger partial charge in [0.1, 0.15) is 17.9 Å². The molecule has 2 aromatic carbocycles. The fourth-order valence-corrected chi connectivity index (χ4v) is 2.18. The fraction of sp³-hybridized carbons (Fsp3) is 0.238. The van der Waals surface area contributed by atoms with Crippen molar-refractivity contribution in [1.82, 2.24) is 5.32 Å². The Balaban J connectivity index is 2.29. The lowest BCUT2D eigenvalue weighted by molar-refractivity contribution is 0.0489. The van der Waals surface area contributed by atoms with Crippen molar-refractivity contribution >= 4 is 18.5 Å². The number of nitrogens with one attached hydrogen (secondary N) is 1. The van der Waals surface area contributed by atoms with E-state index >= 15 is 0 Å². The molecule has 136 valence electrons. The number of rotatable bonds is 6. The van der Waals surface area contributed by atoms with Crippen LogP contribution in [0, 0.1) is 0 Å². The van der Waals surface area contributed by atoms with E-state index < -0.39 is 11.7 Å². The molecule has 2 aromatic rings. The van der Waals surface area contributed by atoms with E-state index in [0.29, 0.717) is 5.70 Å². The first-order chi connectivity index (χ1) is 12.4. The van der Waals surface area contributed by atoms with Crippen molar-refractivity contribution in [1.29, 1.82) is 0 Å². The number of hydrogen-bond donors (Lipinski definition) is 1. The van der Waals surface area contributed by atoms with Gasteiger partial charge in [-0.25, -0.2) is 4.79 Å². The van der Waals surface area contributed by atoms with Gasteiger partial charge in [-0.05, 0) is 33.1 Å². The van der Waals surface area contributed by atoms with Crippen molar-refractivity contribution in [3.05, 3.63) is 77.7 Å². The zero-order valence-electron chi connectivity index (χ0n) is 15.4. The number of benzene rings is 2. The summed E-state index contributed by atoms with van der Waals surface area (Å²) in [5.74, 6) is 0.198. The minimum Gasteiger partial charge on any atom is -0.472 e. The Kier molecular flexibility index (Phi) is 6.55. The highest BCUT2D eigenvalue weighted by atomic mass is 16.6. The SMILES string of the molecule is C=N/C(=C(/NC(=O)OC(C)(C)C)OCc1ccccc1)c1ccccc1. The Labute approximate surface area is 154 Å². The van der Waals surface area contributed by atoms with Crippen molar-refractivity contribution < 1.29 is 14.3 Å². The molecule has 0 aromatic heterocycles. The molecule has 1 N–H and O–H groups in total. The number of alkyl carbamates (subject to hydrolysis) is 1. The third kappa shape index (κ3) is 6.09. The van der Waals surface area contributed by atoms with E-state index in [4.69, 9.17) is 9.47 Å². The van der Waals surface area contributed by atoms with Crippen LogP contribution >= 0.6 is 0 Å². The van der Waals surface area contributed by atoms with Gasteiger partial charge in [0.05, 0.1) is 0 Å². The highest BCUT2D eigenvalue weighted by molar-refractivity contribution is 5.76. The molecule has 0 heterocycles. The molecule has 2 rings (SSSR count). The van der Waals surface area contributed by atoms with Crippen LogP contribution in [-0.4, -0.2) is 18.4 Å². The second-order valence-electron chi connectivity index (χ2n) is 6.60. The summed E-state index contributed by atoms with van der Waals surface area (Å²) in [4.78, 5) is 16.3. The average molecular weight is 352 g/mol. The zero-order valence-corrected chi connectivity index (χ0v) is 15.4. The first-order valence-corrected chi connectivity index (χ1v) is 8.32. The van der Waals surface area contributed by atoms with Crippen molar-refractivity contribution in [2.75, 3.05) is 0 Å². The van der Waals surface area contributed by atoms with Gasteiger partial charge in [-0.2, -0.15) is 0 Å². The molecule has 0 fully saturated rings. The molecule has 0 aliphatic heterocycles. The molecule has 0 radical (unpaired) electrons. The van der Waals surface area contributed by atoms with Crippen LogP contribution in [0.1, 0.15) is 31.9 Å². The van der Waals surface area contributed by atoms with Crippen LogP contribution in [0.2, 0.25) is 0 Å². The normalized spacial score (nSPS) is 12.0. The summed E-state index contributed by atoms with van der Waals surface area (Å²) >= 11 is 0. The van der Waals surface area contributed by atoms with E-state index in [1.807, 2.05) is 60.7 Å². The van der Waals surface area contributed by atoms with Gasteiger partial charge in [0.25, 0.3) is 0 Å². The minimum atomic E-state index is -0.622. The molecule has 26 heavy (non-hydrogen) atoms. The first kappa shape index (κ1) is 19.2. The Morgan fingerprint density at radius 1 is 1.04 bits per heavy atom. The lowest BCUT2D eigenvalue weighted by Crippen LogP contribution is -2.33. The molecule has 0 aliphatic carbocycles. The molecule has 0 atom stereocenters. The second-order valence-corrected chi connectivity index (χ2v) is 6.60. The number of carbonyl (C=O) groups is 1. The molecule has 0 saturated carbocycles. The van der Waals surface area contributed by atoms with Gasteiger partial charge in [-0.15, -0.1) is 0 Å². The molecule has 0 bridgehead atoms.